The molecule has 0 bridgehead atoms. The van der Waals surface area contributed by atoms with Crippen LogP contribution >= 0.6 is 0 Å². The number of amides is 3. The van der Waals surface area contributed by atoms with E-state index in [2.05, 4.69) is 34.9 Å². The van der Waals surface area contributed by atoms with Gasteiger partial charge in [0.2, 0.25) is 11.8 Å². The van der Waals surface area contributed by atoms with Crippen molar-refractivity contribution in [2.75, 3.05) is 19.6 Å². The topological polar surface area (TPSA) is 87.7 Å². The Hall–Kier alpha value is -3.35. The predicted octanol–water partition coefficient (Wildman–Crippen LogP) is 5.49. The van der Waals surface area contributed by atoms with Gasteiger partial charge in [-0.2, -0.15) is 0 Å². The average Bonchev–Trinajstić information content (AvgIpc) is 2.91. The number of ether oxygens (including phenoxy) is 1. The fourth-order valence-corrected chi connectivity index (χ4v) is 4.94. The van der Waals surface area contributed by atoms with E-state index in [1.807, 2.05) is 62.1 Å². The number of hydrogen-bond donors (Lipinski definition) is 2. The smallest absolute Gasteiger partial charge is 0.408 e. The minimum atomic E-state index is -0.649. The minimum absolute atomic E-state index is 0.0381. The van der Waals surface area contributed by atoms with E-state index >= 15 is 0 Å². The molecule has 1 aliphatic rings. The third-order valence-electron chi connectivity index (χ3n) is 7.03. The number of likely N-dealkylation sites (tertiary alicyclic amines) is 1. The number of alkyl carbamates (subject to hydrolysis) is 1. The van der Waals surface area contributed by atoms with Gasteiger partial charge >= 0.3 is 6.09 Å². The zero-order valence-corrected chi connectivity index (χ0v) is 23.8. The van der Waals surface area contributed by atoms with Gasteiger partial charge in [-0.05, 0) is 61.0 Å². The molecule has 2 aromatic carbocycles. The number of carbonyl (C=O) groups is 3. The molecule has 0 spiro atoms. The summed E-state index contributed by atoms with van der Waals surface area (Å²) in [6.07, 6.45) is 4.75. The fraction of sp³-hybridized carbons (Fsp3) is 0.531. The van der Waals surface area contributed by atoms with Gasteiger partial charge in [0.1, 0.15) is 12.6 Å². The number of nitrogens with zero attached hydrogens (tertiary/aromatic N) is 1. The van der Waals surface area contributed by atoms with E-state index in [-0.39, 0.29) is 23.8 Å². The van der Waals surface area contributed by atoms with Gasteiger partial charge < -0.3 is 20.3 Å². The Labute approximate surface area is 233 Å². The Bertz CT molecular complexity index is 1030. The molecule has 0 radical (unpaired) electrons. The highest BCUT2D eigenvalue weighted by atomic mass is 16.5. The van der Waals surface area contributed by atoms with E-state index in [0.29, 0.717) is 44.8 Å². The highest BCUT2D eigenvalue weighted by molar-refractivity contribution is 5.85. The molecule has 7 nitrogen and oxygen atoms in total. The van der Waals surface area contributed by atoms with Crippen LogP contribution in [-0.2, 0) is 27.4 Å². The standard InChI is InChI=1S/C32H45N3O4/c1-32(2,3)23-29(36)33-19-11-10-16-28(34-31(38)39-24-27-14-8-5-9-15-27)30(37)35-20-17-26(18-21-35)22-25-12-6-4-7-13-25/h4-9,12-15,26,28H,10-11,16-24H2,1-3H3,(H,33,36)(H,34,38). The van der Waals surface area contributed by atoms with E-state index < -0.39 is 12.1 Å². The second-order valence-electron chi connectivity index (χ2n) is 11.8. The molecule has 0 saturated carbocycles. The molecule has 0 aromatic heterocycles. The van der Waals surface area contributed by atoms with Gasteiger partial charge in [0, 0.05) is 26.1 Å². The van der Waals surface area contributed by atoms with Crippen molar-refractivity contribution in [2.24, 2.45) is 11.3 Å². The van der Waals surface area contributed by atoms with Gasteiger partial charge in [0.25, 0.3) is 0 Å². The third-order valence-corrected chi connectivity index (χ3v) is 7.03. The number of piperidine rings is 1. The Morgan fingerprint density at radius 1 is 0.923 bits per heavy atom. The van der Waals surface area contributed by atoms with Gasteiger partial charge in [0.15, 0.2) is 0 Å². The van der Waals surface area contributed by atoms with E-state index in [1.54, 1.807) is 0 Å². The molecule has 39 heavy (non-hydrogen) atoms. The highest BCUT2D eigenvalue weighted by Crippen LogP contribution is 2.23. The number of benzene rings is 2. The summed E-state index contributed by atoms with van der Waals surface area (Å²) in [5.41, 5.74) is 2.17. The van der Waals surface area contributed by atoms with Crippen molar-refractivity contribution in [2.45, 2.75) is 78.4 Å². The maximum atomic E-state index is 13.5. The highest BCUT2D eigenvalue weighted by Gasteiger charge is 2.29. The van der Waals surface area contributed by atoms with Gasteiger partial charge in [-0.3, -0.25) is 9.59 Å². The largest absolute Gasteiger partial charge is 0.445 e. The van der Waals surface area contributed by atoms with E-state index in [1.165, 1.54) is 5.56 Å². The molecular formula is C32H45N3O4. The maximum absolute atomic E-state index is 13.5. The SMILES string of the molecule is CC(C)(C)CC(=O)NCCCCC(NC(=O)OCc1ccccc1)C(=O)N1CCC(Cc2ccccc2)CC1. The molecule has 212 valence electrons. The second-order valence-corrected chi connectivity index (χ2v) is 11.8. The van der Waals surface area contributed by atoms with Gasteiger partial charge in [-0.25, -0.2) is 4.79 Å². The van der Waals surface area contributed by atoms with Crippen molar-refractivity contribution in [3.05, 3.63) is 71.8 Å². The Morgan fingerprint density at radius 3 is 2.15 bits per heavy atom. The minimum Gasteiger partial charge on any atom is -0.445 e. The molecule has 7 heteroatoms. The average molecular weight is 536 g/mol. The van der Waals surface area contributed by atoms with Crippen LogP contribution in [0.5, 0.6) is 0 Å². The molecule has 2 N–H and O–H groups in total. The predicted molar refractivity (Wildman–Crippen MR) is 154 cm³/mol. The molecule has 1 fully saturated rings. The van der Waals surface area contributed by atoms with Crippen LogP contribution < -0.4 is 10.6 Å². The summed E-state index contributed by atoms with van der Waals surface area (Å²) in [5.74, 6) is 0.535. The summed E-state index contributed by atoms with van der Waals surface area (Å²) in [6.45, 7) is 8.20. The maximum Gasteiger partial charge on any atom is 0.408 e. The first-order valence-corrected chi connectivity index (χ1v) is 14.3. The number of rotatable bonds is 12. The number of unbranched alkanes of at least 4 members (excludes halogenated alkanes) is 1. The molecule has 3 rings (SSSR count). The third kappa shape index (κ3) is 11.5. The fourth-order valence-electron chi connectivity index (χ4n) is 4.94. The monoisotopic (exact) mass is 535 g/mol. The van der Waals surface area contributed by atoms with Crippen LogP contribution in [0.25, 0.3) is 0 Å². The molecule has 1 unspecified atom stereocenters. The summed E-state index contributed by atoms with van der Waals surface area (Å²) in [6, 6.07) is 19.3. The Kier molecular flexibility index (Phi) is 11.8. The van der Waals surface area contributed by atoms with E-state index in [9.17, 15) is 14.4 Å². The van der Waals surface area contributed by atoms with Crippen LogP contribution in [0.2, 0.25) is 0 Å². The van der Waals surface area contributed by atoms with E-state index in [0.717, 1.165) is 31.2 Å². The molecule has 1 heterocycles. The molecule has 0 aliphatic carbocycles. The van der Waals surface area contributed by atoms with Crippen molar-refractivity contribution >= 4 is 17.9 Å². The van der Waals surface area contributed by atoms with Gasteiger partial charge in [-0.15, -0.1) is 0 Å². The van der Waals surface area contributed by atoms with Crippen LogP contribution in [0.1, 0.15) is 70.4 Å². The first-order chi connectivity index (χ1) is 18.7. The first kappa shape index (κ1) is 30.2. The van der Waals surface area contributed by atoms with Crippen LogP contribution in [0.3, 0.4) is 0 Å². The van der Waals surface area contributed by atoms with Gasteiger partial charge in [0.05, 0.1) is 0 Å². The van der Waals surface area contributed by atoms with Crippen LogP contribution in [0.15, 0.2) is 60.7 Å². The number of carbonyl (C=O) groups excluding carboxylic acids is 3. The summed E-state index contributed by atoms with van der Waals surface area (Å²) < 4.78 is 5.41. The van der Waals surface area contributed by atoms with Crippen LogP contribution in [0.4, 0.5) is 4.79 Å². The lowest BCUT2D eigenvalue weighted by atomic mass is 9.90. The molecule has 1 aliphatic heterocycles. The lowest BCUT2D eigenvalue weighted by Gasteiger charge is -2.34. The zero-order chi connectivity index (χ0) is 28.1. The summed E-state index contributed by atoms with van der Waals surface area (Å²) in [7, 11) is 0. The molecule has 3 amide bonds. The number of nitrogens with one attached hydrogen (secondary N) is 2. The molecule has 1 saturated heterocycles. The lowest BCUT2D eigenvalue weighted by molar-refractivity contribution is -0.135. The molecular weight excluding hydrogens is 490 g/mol. The summed E-state index contributed by atoms with van der Waals surface area (Å²) in [4.78, 5) is 40.1. The Balaban J connectivity index is 1.50. The van der Waals surface area contributed by atoms with Gasteiger partial charge in [-0.1, -0.05) is 81.4 Å². The van der Waals surface area contributed by atoms with Crippen molar-refractivity contribution < 1.29 is 19.1 Å². The summed E-state index contributed by atoms with van der Waals surface area (Å²) in [5, 5.41) is 5.79. The molecule has 2 aromatic rings. The van der Waals surface area contributed by atoms with Crippen molar-refractivity contribution in [3.63, 3.8) is 0 Å². The van der Waals surface area contributed by atoms with E-state index in [4.69, 9.17) is 4.74 Å². The summed E-state index contributed by atoms with van der Waals surface area (Å²) >= 11 is 0. The first-order valence-electron chi connectivity index (χ1n) is 14.3. The molecule has 1 atom stereocenters. The van der Waals surface area contributed by atoms with Crippen molar-refractivity contribution in [3.8, 4) is 0 Å². The Morgan fingerprint density at radius 2 is 1.54 bits per heavy atom. The van der Waals surface area contributed by atoms with Crippen molar-refractivity contribution in [1.29, 1.82) is 0 Å². The van der Waals surface area contributed by atoms with Crippen LogP contribution in [0, 0.1) is 11.3 Å². The number of hydrogen-bond acceptors (Lipinski definition) is 4. The normalized spacial score (nSPS) is 14.9. The zero-order valence-electron chi connectivity index (χ0n) is 23.8. The lowest BCUT2D eigenvalue weighted by Crippen LogP contribution is -2.51. The quantitative estimate of drug-likeness (QED) is 0.352. The second kappa shape index (κ2) is 15.3. The van der Waals surface area contributed by atoms with Crippen molar-refractivity contribution in [1.82, 2.24) is 15.5 Å². The van der Waals surface area contributed by atoms with Crippen LogP contribution in [-0.4, -0.2) is 48.5 Å².